The third kappa shape index (κ3) is 3.73. The topological polar surface area (TPSA) is 41.5 Å². The van der Waals surface area contributed by atoms with Gasteiger partial charge in [0.1, 0.15) is 12.4 Å². The Bertz CT molecular complexity index is 626. The summed E-state index contributed by atoms with van der Waals surface area (Å²) in [7, 11) is 0. The molecular formula is C17H18FNO2. The molecule has 2 N–H and O–H groups in total. The highest BCUT2D eigenvalue weighted by atomic mass is 19.1. The van der Waals surface area contributed by atoms with Gasteiger partial charge < -0.3 is 15.2 Å². The van der Waals surface area contributed by atoms with E-state index < -0.39 is 0 Å². The van der Waals surface area contributed by atoms with E-state index in [0.29, 0.717) is 12.6 Å². The normalized spacial score (nSPS) is 14.1. The third-order valence-corrected chi connectivity index (χ3v) is 3.50. The fourth-order valence-corrected chi connectivity index (χ4v) is 2.20. The molecule has 1 saturated carbocycles. The summed E-state index contributed by atoms with van der Waals surface area (Å²) in [5, 5.41) is 12.8. The van der Waals surface area contributed by atoms with Crippen molar-refractivity contribution in [3.05, 3.63) is 59.4 Å². The van der Waals surface area contributed by atoms with E-state index >= 15 is 0 Å². The molecule has 2 aromatic rings. The quantitative estimate of drug-likeness (QED) is 0.856. The molecule has 4 heteroatoms. The third-order valence-electron chi connectivity index (χ3n) is 3.50. The molecule has 0 heterocycles. The molecule has 2 aromatic carbocycles. The van der Waals surface area contributed by atoms with Crippen LogP contribution in [0.4, 0.5) is 4.39 Å². The minimum atomic E-state index is -0.356. The number of phenols is 1. The standard InChI is InChI=1S/C17H18FNO2/c18-16-6-2-4-13(10-19-14-7-8-14)17(16)21-11-12-3-1-5-15(20)9-12/h1-6,9,14,19-20H,7-8,10-11H2. The zero-order valence-electron chi connectivity index (χ0n) is 11.7. The van der Waals surface area contributed by atoms with Crippen molar-refractivity contribution in [3.8, 4) is 11.5 Å². The van der Waals surface area contributed by atoms with E-state index in [2.05, 4.69) is 5.32 Å². The van der Waals surface area contributed by atoms with Gasteiger partial charge >= 0.3 is 0 Å². The number of nitrogens with one attached hydrogen (secondary N) is 1. The lowest BCUT2D eigenvalue weighted by Crippen LogP contribution is -2.16. The number of phenolic OH excluding ortho intramolecular Hbond substituents is 1. The summed E-state index contributed by atoms with van der Waals surface area (Å²) in [6, 6.07) is 12.3. The van der Waals surface area contributed by atoms with Crippen LogP contribution in [0.25, 0.3) is 0 Å². The van der Waals surface area contributed by atoms with Crippen LogP contribution in [0.2, 0.25) is 0 Å². The summed E-state index contributed by atoms with van der Waals surface area (Å²) in [5.74, 6) is 0.111. The molecule has 0 unspecified atom stereocenters. The van der Waals surface area contributed by atoms with Gasteiger partial charge in [0, 0.05) is 18.2 Å². The number of hydrogen-bond acceptors (Lipinski definition) is 3. The van der Waals surface area contributed by atoms with Crippen LogP contribution >= 0.6 is 0 Å². The summed E-state index contributed by atoms with van der Waals surface area (Å²) in [5.41, 5.74) is 1.63. The predicted octanol–water partition coefficient (Wildman–Crippen LogP) is 3.36. The molecule has 0 bridgehead atoms. The first-order chi connectivity index (χ1) is 10.2. The molecule has 0 spiro atoms. The number of para-hydroxylation sites is 1. The van der Waals surface area contributed by atoms with Crippen LogP contribution in [0.1, 0.15) is 24.0 Å². The Labute approximate surface area is 123 Å². The van der Waals surface area contributed by atoms with E-state index in [0.717, 1.165) is 11.1 Å². The van der Waals surface area contributed by atoms with E-state index in [9.17, 15) is 9.50 Å². The lowest BCUT2D eigenvalue weighted by molar-refractivity contribution is 0.285. The molecule has 0 aromatic heterocycles. The van der Waals surface area contributed by atoms with Crippen molar-refractivity contribution in [2.75, 3.05) is 0 Å². The Balaban J connectivity index is 1.70. The van der Waals surface area contributed by atoms with Gasteiger partial charge in [-0.2, -0.15) is 0 Å². The number of hydrogen-bond donors (Lipinski definition) is 2. The molecule has 21 heavy (non-hydrogen) atoms. The first kappa shape index (κ1) is 13.9. The average Bonchev–Trinajstić information content (AvgIpc) is 3.28. The molecule has 0 radical (unpaired) electrons. The van der Waals surface area contributed by atoms with Crippen LogP contribution in [0.5, 0.6) is 11.5 Å². The Morgan fingerprint density at radius 3 is 2.76 bits per heavy atom. The van der Waals surface area contributed by atoms with Crippen LogP contribution in [0, 0.1) is 5.82 Å². The summed E-state index contributed by atoms with van der Waals surface area (Å²) < 4.78 is 19.6. The fraction of sp³-hybridized carbons (Fsp3) is 0.294. The van der Waals surface area contributed by atoms with Gasteiger partial charge in [-0.15, -0.1) is 0 Å². The molecule has 3 nitrogen and oxygen atoms in total. The van der Waals surface area contributed by atoms with Gasteiger partial charge in [0.05, 0.1) is 0 Å². The van der Waals surface area contributed by atoms with Gasteiger partial charge in [-0.25, -0.2) is 4.39 Å². The Hall–Kier alpha value is -2.07. The molecular weight excluding hydrogens is 269 g/mol. The minimum absolute atomic E-state index is 0.181. The molecule has 3 rings (SSSR count). The first-order valence-corrected chi connectivity index (χ1v) is 7.14. The molecule has 0 saturated heterocycles. The van der Waals surface area contributed by atoms with Crippen molar-refractivity contribution in [3.63, 3.8) is 0 Å². The second-order valence-electron chi connectivity index (χ2n) is 5.34. The number of aromatic hydroxyl groups is 1. The van der Waals surface area contributed by atoms with Crippen LogP contribution in [-0.2, 0) is 13.2 Å². The van der Waals surface area contributed by atoms with Crippen molar-refractivity contribution >= 4 is 0 Å². The van der Waals surface area contributed by atoms with E-state index in [-0.39, 0.29) is 23.9 Å². The van der Waals surface area contributed by atoms with Gasteiger partial charge in [-0.1, -0.05) is 24.3 Å². The van der Waals surface area contributed by atoms with Crippen molar-refractivity contribution in [2.45, 2.75) is 32.0 Å². The van der Waals surface area contributed by atoms with Gasteiger partial charge in [0.2, 0.25) is 0 Å². The van der Waals surface area contributed by atoms with Crippen molar-refractivity contribution in [1.29, 1.82) is 0 Å². The summed E-state index contributed by atoms with van der Waals surface area (Å²) in [4.78, 5) is 0. The summed E-state index contributed by atoms with van der Waals surface area (Å²) in [6.07, 6.45) is 2.38. The summed E-state index contributed by atoms with van der Waals surface area (Å²) in [6.45, 7) is 0.837. The maximum Gasteiger partial charge on any atom is 0.165 e. The number of halogens is 1. The molecule has 1 aliphatic rings. The van der Waals surface area contributed by atoms with E-state index in [1.165, 1.54) is 18.9 Å². The van der Waals surface area contributed by atoms with E-state index in [1.807, 2.05) is 12.1 Å². The van der Waals surface area contributed by atoms with Gasteiger partial charge in [-0.3, -0.25) is 0 Å². The maximum absolute atomic E-state index is 14.0. The second-order valence-corrected chi connectivity index (χ2v) is 5.34. The zero-order valence-corrected chi connectivity index (χ0v) is 11.7. The van der Waals surface area contributed by atoms with E-state index in [1.54, 1.807) is 24.3 Å². The summed E-state index contributed by atoms with van der Waals surface area (Å²) >= 11 is 0. The van der Waals surface area contributed by atoms with Crippen LogP contribution < -0.4 is 10.1 Å². The first-order valence-electron chi connectivity index (χ1n) is 7.14. The number of ether oxygens (including phenoxy) is 1. The lowest BCUT2D eigenvalue weighted by atomic mass is 10.2. The largest absolute Gasteiger partial charge is 0.508 e. The van der Waals surface area contributed by atoms with Crippen LogP contribution in [0.15, 0.2) is 42.5 Å². The second kappa shape index (κ2) is 6.14. The predicted molar refractivity (Wildman–Crippen MR) is 78.7 cm³/mol. The smallest absolute Gasteiger partial charge is 0.165 e. The highest BCUT2D eigenvalue weighted by molar-refractivity contribution is 5.35. The lowest BCUT2D eigenvalue weighted by Gasteiger charge is -2.13. The molecule has 110 valence electrons. The van der Waals surface area contributed by atoms with Crippen molar-refractivity contribution in [2.24, 2.45) is 0 Å². The van der Waals surface area contributed by atoms with Crippen LogP contribution in [-0.4, -0.2) is 11.1 Å². The van der Waals surface area contributed by atoms with Gasteiger partial charge in [0.15, 0.2) is 11.6 Å². The highest BCUT2D eigenvalue weighted by Gasteiger charge is 2.21. The SMILES string of the molecule is Oc1cccc(COc2c(F)cccc2CNC2CC2)c1. The van der Waals surface area contributed by atoms with Gasteiger partial charge in [0.25, 0.3) is 0 Å². The Morgan fingerprint density at radius 1 is 1.19 bits per heavy atom. The monoisotopic (exact) mass is 287 g/mol. The number of rotatable bonds is 6. The molecule has 1 fully saturated rings. The average molecular weight is 287 g/mol. The minimum Gasteiger partial charge on any atom is -0.508 e. The molecule has 0 amide bonds. The zero-order chi connectivity index (χ0) is 14.7. The molecule has 1 aliphatic carbocycles. The fourth-order valence-electron chi connectivity index (χ4n) is 2.20. The van der Waals surface area contributed by atoms with Crippen molar-refractivity contribution in [1.82, 2.24) is 5.32 Å². The number of benzene rings is 2. The van der Waals surface area contributed by atoms with E-state index in [4.69, 9.17) is 4.74 Å². The Morgan fingerprint density at radius 2 is 2.00 bits per heavy atom. The highest BCUT2D eigenvalue weighted by Crippen LogP contribution is 2.26. The maximum atomic E-state index is 14.0. The van der Waals surface area contributed by atoms with Crippen LogP contribution in [0.3, 0.4) is 0 Å². The van der Waals surface area contributed by atoms with Crippen molar-refractivity contribution < 1.29 is 14.2 Å². The molecule has 0 atom stereocenters. The van der Waals surface area contributed by atoms with Gasteiger partial charge in [-0.05, 0) is 36.6 Å². The Kier molecular flexibility index (Phi) is 4.06. The molecule has 0 aliphatic heterocycles.